The summed E-state index contributed by atoms with van der Waals surface area (Å²) in [5, 5.41) is 2.52. The zero-order valence-corrected chi connectivity index (χ0v) is 34.8. The molecule has 0 bridgehead atoms. The lowest BCUT2D eigenvalue weighted by Gasteiger charge is -2.34. The highest BCUT2D eigenvalue weighted by Crippen LogP contribution is 2.57. The van der Waals surface area contributed by atoms with E-state index in [1.54, 1.807) is 0 Å². The van der Waals surface area contributed by atoms with Crippen molar-refractivity contribution in [2.45, 2.75) is 11.3 Å². The minimum atomic E-state index is -0.474. The van der Waals surface area contributed by atoms with Gasteiger partial charge in [-0.25, -0.2) is 0 Å². The average molecular weight is 802 g/mol. The largest absolute Gasteiger partial charge is 0.309 e. The number of nitrogens with zero attached hydrogens (tertiary/aromatic N) is 1. The molecule has 0 amide bonds. The van der Waals surface area contributed by atoms with E-state index in [9.17, 15) is 0 Å². The Morgan fingerprint density at radius 3 is 1.44 bits per heavy atom. The topological polar surface area (TPSA) is 4.93 Å². The second kappa shape index (κ2) is 15.2. The number of aromatic nitrogens is 1. The molecule has 0 aliphatic heterocycles. The smallest absolute Gasteiger partial charge is 0.0713 e. The standard InChI is InChI=1S/C62H43N/c1-5-17-43(18-6-1)44-29-33-46(34-30-44)61(47-35-31-45(32-36-47)48-38-40-60-56(41-48)55-26-14-16-28-59(55)63(60)52-23-11-4-12-24-52)49-37-39-54-53-25-13-15-27-57(53)62(58(54)42-49,50-19-7-2-8-20-50)51-21-9-3-10-22-51/h1-42,61H. The Labute approximate surface area is 368 Å². The van der Waals surface area contributed by atoms with Gasteiger partial charge in [0.2, 0.25) is 0 Å². The van der Waals surface area contributed by atoms with E-state index >= 15 is 0 Å². The molecule has 63 heavy (non-hydrogen) atoms. The number of fused-ring (bicyclic) bond motifs is 6. The molecule has 1 atom stereocenters. The molecule has 1 heteroatoms. The van der Waals surface area contributed by atoms with Crippen molar-refractivity contribution in [3.63, 3.8) is 0 Å². The van der Waals surface area contributed by atoms with E-state index in [4.69, 9.17) is 0 Å². The Kier molecular flexibility index (Phi) is 8.86. The van der Waals surface area contributed by atoms with E-state index in [-0.39, 0.29) is 5.92 Å². The molecule has 10 aromatic carbocycles. The third-order valence-corrected chi connectivity index (χ3v) is 13.4. The summed E-state index contributed by atoms with van der Waals surface area (Å²) < 4.78 is 2.38. The number of hydrogen-bond donors (Lipinski definition) is 0. The Morgan fingerprint density at radius 2 is 0.778 bits per heavy atom. The van der Waals surface area contributed by atoms with Crippen molar-refractivity contribution in [2.24, 2.45) is 0 Å². The van der Waals surface area contributed by atoms with Crippen LogP contribution in [0.4, 0.5) is 0 Å². The zero-order chi connectivity index (χ0) is 41.7. The van der Waals surface area contributed by atoms with E-state index in [0.29, 0.717) is 0 Å². The van der Waals surface area contributed by atoms with Gasteiger partial charge in [0.25, 0.3) is 0 Å². The van der Waals surface area contributed by atoms with E-state index in [2.05, 4.69) is 259 Å². The molecule has 1 unspecified atom stereocenters. The Hall–Kier alpha value is -8.00. The second-order valence-electron chi connectivity index (χ2n) is 16.8. The first-order valence-corrected chi connectivity index (χ1v) is 22.0. The summed E-state index contributed by atoms with van der Waals surface area (Å²) in [4.78, 5) is 0. The molecule has 1 nitrogen and oxygen atoms in total. The van der Waals surface area contributed by atoms with Gasteiger partial charge in [0.1, 0.15) is 0 Å². The SMILES string of the molecule is c1ccc(-c2ccc(C(c3ccc(-c4ccc5c(c4)c4ccccc4n5-c4ccccc4)cc3)c3ccc4c(c3)C(c3ccccc3)(c3ccccc3)c3ccccc3-4)cc2)cc1. The molecule has 0 N–H and O–H groups in total. The number of para-hydroxylation sites is 2. The van der Waals surface area contributed by atoms with Crippen molar-refractivity contribution in [2.75, 3.05) is 0 Å². The fourth-order valence-electron chi connectivity index (χ4n) is 10.6. The van der Waals surface area contributed by atoms with Gasteiger partial charge in [0, 0.05) is 22.4 Å². The molecule has 0 spiro atoms. The predicted octanol–water partition coefficient (Wildman–Crippen LogP) is 15.7. The number of benzene rings is 10. The van der Waals surface area contributed by atoms with Crippen LogP contribution in [0.1, 0.15) is 44.9 Å². The first-order chi connectivity index (χ1) is 31.3. The summed E-state index contributed by atoms with van der Waals surface area (Å²) in [6.45, 7) is 0. The molecule has 0 saturated heterocycles. The monoisotopic (exact) mass is 801 g/mol. The fraction of sp³-hybridized carbons (Fsp3) is 0.0323. The molecule has 296 valence electrons. The van der Waals surface area contributed by atoms with Gasteiger partial charge in [-0.05, 0) is 103 Å². The summed E-state index contributed by atoms with van der Waals surface area (Å²) in [5.41, 5.74) is 19.5. The third-order valence-electron chi connectivity index (χ3n) is 13.4. The molecule has 12 rings (SSSR count). The Balaban J connectivity index is 1.01. The lowest BCUT2D eigenvalue weighted by atomic mass is 9.67. The van der Waals surface area contributed by atoms with Gasteiger partial charge in [-0.3, -0.25) is 0 Å². The summed E-state index contributed by atoms with van der Waals surface area (Å²) in [6, 6.07) is 94.1. The molecular weight excluding hydrogens is 759 g/mol. The van der Waals surface area contributed by atoms with Crippen LogP contribution in [0.5, 0.6) is 0 Å². The van der Waals surface area contributed by atoms with Crippen molar-refractivity contribution in [3.8, 4) is 39.1 Å². The van der Waals surface area contributed by atoms with Crippen LogP contribution in [0.25, 0.3) is 60.9 Å². The van der Waals surface area contributed by atoms with Crippen LogP contribution < -0.4 is 0 Å². The lowest BCUT2D eigenvalue weighted by molar-refractivity contribution is 0.765. The van der Waals surface area contributed by atoms with Gasteiger partial charge in [0.05, 0.1) is 16.4 Å². The molecule has 0 fully saturated rings. The zero-order valence-electron chi connectivity index (χ0n) is 34.8. The first kappa shape index (κ1) is 36.8. The molecule has 0 saturated carbocycles. The van der Waals surface area contributed by atoms with Crippen LogP contribution in [0.15, 0.2) is 255 Å². The molecule has 11 aromatic rings. The molecule has 1 heterocycles. The van der Waals surface area contributed by atoms with Crippen molar-refractivity contribution >= 4 is 21.8 Å². The van der Waals surface area contributed by atoms with Crippen molar-refractivity contribution < 1.29 is 0 Å². The third kappa shape index (κ3) is 6.00. The Morgan fingerprint density at radius 1 is 0.302 bits per heavy atom. The highest BCUT2D eigenvalue weighted by Gasteiger charge is 2.46. The van der Waals surface area contributed by atoms with Gasteiger partial charge in [-0.2, -0.15) is 0 Å². The molecule has 1 aliphatic carbocycles. The van der Waals surface area contributed by atoms with Gasteiger partial charge >= 0.3 is 0 Å². The quantitative estimate of drug-likeness (QED) is 0.135. The van der Waals surface area contributed by atoms with E-state index in [1.807, 2.05) is 0 Å². The van der Waals surface area contributed by atoms with Crippen LogP contribution in [0.2, 0.25) is 0 Å². The highest BCUT2D eigenvalue weighted by molar-refractivity contribution is 6.10. The normalized spacial score (nSPS) is 13.1. The van der Waals surface area contributed by atoms with E-state index in [0.717, 1.165) is 0 Å². The summed E-state index contributed by atoms with van der Waals surface area (Å²) in [7, 11) is 0. The minimum absolute atomic E-state index is 0.00606. The van der Waals surface area contributed by atoms with Gasteiger partial charge in [-0.1, -0.05) is 224 Å². The Bertz CT molecular complexity index is 3360. The van der Waals surface area contributed by atoms with Gasteiger partial charge in [0.15, 0.2) is 0 Å². The van der Waals surface area contributed by atoms with Crippen molar-refractivity contribution in [3.05, 3.63) is 294 Å². The minimum Gasteiger partial charge on any atom is -0.309 e. The maximum Gasteiger partial charge on any atom is 0.0713 e. The van der Waals surface area contributed by atoms with Crippen LogP contribution >= 0.6 is 0 Å². The summed E-state index contributed by atoms with van der Waals surface area (Å²) in [6.07, 6.45) is 0. The first-order valence-electron chi connectivity index (χ1n) is 22.0. The van der Waals surface area contributed by atoms with Crippen molar-refractivity contribution in [1.29, 1.82) is 0 Å². The maximum absolute atomic E-state index is 2.52. The highest BCUT2D eigenvalue weighted by atomic mass is 15.0. The predicted molar refractivity (Wildman–Crippen MR) is 263 cm³/mol. The van der Waals surface area contributed by atoms with Crippen LogP contribution in [-0.2, 0) is 5.41 Å². The second-order valence-corrected chi connectivity index (χ2v) is 16.8. The van der Waals surface area contributed by atoms with E-state index < -0.39 is 5.41 Å². The van der Waals surface area contributed by atoms with Crippen LogP contribution in [0.3, 0.4) is 0 Å². The van der Waals surface area contributed by atoms with E-state index in [1.165, 1.54) is 99.8 Å². The molecule has 0 radical (unpaired) electrons. The molecular formula is C62H43N. The lowest BCUT2D eigenvalue weighted by Crippen LogP contribution is -2.28. The number of hydrogen-bond acceptors (Lipinski definition) is 0. The van der Waals surface area contributed by atoms with Crippen LogP contribution in [0, 0.1) is 0 Å². The van der Waals surface area contributed by atoms with Gasteiger partial charge in [-0.15, -0.1) is 0 Å². The summed E-state index contributed by atoms with van der Waals surface area (Å²) >= 11 is 0. The fourth-order valence-corrected chi connectivity index (χ4v) is 10.6. The van der Waals surface area contributed by atoms with Crippen molar-refractivity contribution in [1.82, 2.24) is 4.57 Å². The maximum atomic E-state index is 2.52. The average Bonchev–Trinajstić information content (AvgIpc) is 3.86. The molecule has 1 aliphatic rings. The summed E-state index contributed by atoms with van der Waals surface area (Å²) in [5.74, 6) is -0.00606. The van der Waals surface area contributed by atoms with Gasteiger partial charge < -0.3 is 4.57 Å². The van der Waals surface area contributed by atoms with Crippen LogP contribution in [-0.4, -0.2) is 4.57 Å². The molecule has 1 aromatic heterocycles. The number of rotatable bonds is 8.